The summed E-state index contributed by atoms with van der Waals surface area (Å²) in [7, 11) is 3.33. The quantitative estimate of drug-likeness (QED) is 0.662. The van der Waals surface area contributed by atoms with Gasteiger partial charge < -0.3 is 9.47 Å². The van der Waals surface area contributed by atoms with E-state index in [2.05, 4.69) is 36.9 Å². The molecule has 0 atom stereocenters. The number of thiophene rings is 1. The van der Waals surface area contributed by atoms with Gasteiger partial charge in [-0.05, 0) is 54.7 Å². The fourth-order valence-corrected chi connectivity index (χ4v) is 4.21. The van der Waals surface area contributed by atoms with Crippen molar-refractivity contribution in [3.63, 3.8) is 0 Å². The second kappa shape index (κ2) is 7.27. The van der Waals surface area contributed by atoms with Crippen molar-refractivity contribution < 1.29 is 9.47 Å². The molecule has 0 radical (unpaired) electrons. The van der Waals surface area contributed by atoms with Crippen molar-refractivity contribution in [2.75, 3.05) is 14.2 Å². The highest BCUT2D eigenvalue weighted by Gasteiger charge is 2.19. The molecule has 0 unspecified atom stereocenters. The molecule has 0 saturated heterocycles. The predicted octanol–water partition coefficient (Wildman–Crippen LogP) is 4.25. The molecule has 132 valence electrons. The standard InChI is InChI=1S/C19H23N3O2S/c1-6-18-19(12(2)13(3)25-18)15-8-17(24-5)16(23-4)7-14(15)9-22-11-20-10-21-22/h7-8,10-11H,6,9H2,1-5H3. The number of benzene rings is 1. The van der Waals surface area contributed by atoms with Gasteiger partial charge >= 0.3 is 0 Å². The van der Waals surface area contributed by atoms with E-state index in [1.807, 2.05) is 22.1 Å². The summed E-state index contributed by atoms with van der Waals surface area (Å²) in [6.07, 6.45) is 4.29. The molecule has 2 aromatic heterocycles. The van der Waals surface area contributed by atoms with Crippen LogP contribution >= 0.6 is 11.3 Å². The summed E-state index contributed by atoms with van der Waals surface area (Å²) in [5.41, 5.74) is 4.94. The van der Waals surface area contributed by atoms with Crippen molar-refractivity contribution in [1.29, 1.82) is 0 Å². The Morgan fingerprint density at radius 2 is 1.84 bits per heavy atom. The minimum atomic E-state index is 0.632. The molecule has 3 aromatic rings. The first kappa shape index (κ1) is 17.5. The molecule has 0 amide bonds. The van der Waals surface area contributed by atoms with E-state index in [0.29, 0.717) is 6.54 Å². The number of rotatable bonds is 6. The van der Waals surface area contributed by atoms with Gasteiger partial charge in [0.2, 0.25) is 0 Å². The Morgan fingerprint density at radius 3 is 2.44 bits per heavy atom. The molecule has 0 saturated carbocycles. The fraction of sp³-hybridized carbons (Fsp3) is 0.368. The lowest BCUT2D eigenvalue weighted by molar-refractivity contribution is 0.354. The first-order chi connectivity index (χ1) is 12.1. The lowest BCUT2D eigenvalue weighted by Gasteiger charge is -2.16. The van der Waals surface area contributed by atoms with Gasteiger partial charge in [-0.25, -0.2) is 9.67 Å². The van der Waals surface area contributed by atoms with E-state index in [4.69, 9.17) is 9.47 Å². The maximum atomic E-state index is 5.55. The van der Waals surface area contributed by atoms with Gasteiger partial charge in [-0.1, -0.05) is 6.92 Å². The highest BCUT2D eigenvalue weighted by molar-refractivity contribution is 7.12. The van der Waals surface area contributed by atoms with Crippen LogP contribution < -0.4 is 9.47 Å². The third-order valence-electron chi connectivity index (χ3n) is 4.46. The van der Waals surface area contributed by atoms with Crippen LogP contribution in [0.1, 0.15) is 27.8 Å². The lowest BCUT2D eigenvalue weighted by Crippen LogP contribution is -2.04. The Bertz CT molecular complexity index is 869. The van der Waals surface area contributed by atoms with Gasteiger partial charge in [-0.3, -0.25) is 0 Å². The molecule has 0 bridgehead atoms. The summed E-state index contributed by atoms with van der Waals surface area (Å²) in [5, 5.41) is 4.25. The van der Waals surface area contributed by atoms with E-state index >= 15 is 0 Å². The van der Waals surface area contributed by atoms with Crippen LogP contribution in [0.4, 0.5) is 0 Å². The van der Waals surface area contributed by atoms with E-state index in [1.54, 1.807) is 26.9 Å². The van der Waals surface area contributed by atoms with Gasteiger partial charge in [0.05, 0.1) is 20.8 Å². The molecule has 0 N–H and O–H groups in total. The normalized spacial score (nSPS) is 10.9. The van der Waals surface area contributed by atoms with Crippen molar-refractivity contribution in [3.8, 4) is 22.6 Å². The van der Waals surface area contributed by atoms with Crippen molar-refractivity contribution in [3.05, 3.63) is 45.7 Å². The number of hydrogen-bond donors (Lipinski definition) is 0. The minimum absolute atomic E-state index is 0.632. The zero-order chi connectivity index (χ0) is 18.0. The average molecular weight is 357 g/mol. The summed E-state index contributed by atoms with van der Waals surface area (Å²) in [6, 6.07) is 4.13. The molecule has 0 aliphatic carbocycles. The molecular weight excluding hydrogens is 334 g/mol. The number of aryl methyl sites for hydroxylation is 2. The molecule has 25 heavy (non-hydrogen) atoms. The van der Waals surface area contributed by atoms with E-state index in [0.717, 1.165) is 23.5 Å². The average Bonchev–Trinajstić information content (AvgIpc) is 3.23. The number of hydrogen-bond acceptors (Lipinski definition) is 5. The third-order valence-corrected chi connectivity index (χ3v) is 5.81. The van der Waals surface area contributed by atoms with Crippen LogP contribution in [-0.4, -0.2) is 29.0 Å². The number of nitrogens with zero attached hydrogens (tertiary/aromatic N) is 3. The highest BCUT2D eigenvalue weighted by Crippen LogP contribution is 2.42. The molecule has 6 heteroatoms. The van der Waals surface area contributed by atoms with Gasteiger partial charge in [0.15, 0.2) is 11.5 Å². The third kappa shape index (κ3) is 3.26. The maximum Gasteiger partial charge on any atom is 0.161 e. The largest absolute Gasteiger partial charge is 0.493 e. The molecule has 0 fully saturated rings. The molecule has 0 aliphatic rings. The molecule has 0 spiro atoms. The fourth-order valence-electron chi connectivity index (χ4n) is 3.07. The summed E-state index contributed by atoms with van der Waals surface area (Å²) in [6.45, 7) is 7.20. The molecule has 5 nitrogen and oxygen atoms in total. The van der Waals surface area contributed by atoms with Crippen LogP contribution in [0.25, 0.3) is 11.1 Å². The second-order valence-corrected chi connectivity index (χ2v) is 7.20. The summed E-state index contributed by atoms with van der Waals surface area (Å²) >= 11 is 1.87. The lowest BCUT2D eigenvalue weighted by atomic mass is 9.94. The van der Waals surface area contributed by atoms with Crippen LogP contribution in [0.5, 0.6) is 11.5 Å². The van der Waals surface area contributed by atoms with E-state index < -0.39 is 0 Å². The Balaban J connectivity index is 2.23. The molecule has 0 aliphatic heterocycles. The van der Waals surface area contributed by atoms with Crippen LogP contribution in [0, 0.1) is 13.8 Å². The van der Waals surface area contributed by atoms with Crippen molar-refractivity contribution in [1.82, 2.24) is 14.8 Å². The van der Waals surface area contributed by atoms with Gasteiger partial charge in [-0.2, -0.15) is 5.10 Å². The van der Waals surface area contributed by atoms with Crippen LogP contribution in [0.15, 0.2) is 24.8 Å². The maximum absolute atomic E-state index is 5.55. The Kier molecular flexibility index (Phi) is 5.08. The van der Waals surface area contributed by atoms with Gasteiger partial charge in [0, 0.05) is 9.75 Å². The van der Waals surface area contributed by atoms with Gasteiger partial charge in [-0.15, -0.1) is 11.3 Å². The molecule has 3 rings (SSSR count). The number of ether oxygens (including phenoxy) is 2. The number of aromatic nitrogens is 3. The molecular formula is C19H23N3O2S. The Hall–Kier alpha value is -2.34. The van der Waals surface area contributed by atoms with E-state index in [1.165, 1.54) is 26.4 Å². The van der Waals surface area contributed by atoms with Crippen LogP contribution in [-0.2, 0) is 13.0 Å². The highest BCUT2D eigenvalue weighted by atomic mass is 32.1. The van der Waals surface area contributed by atoms with Crippen molar-refractivity contribution in [2.24, 2.45) is 0 Å². The first-order valence-corrected chi connectivity index (χ1v) is 9.07. The van der Waals surface area contributed by atoms with E-state index in [-0.39, 0.29) is 0 Å². The molecule has 1 aromatic carbocycles. The topological polar surface area (TPSA) is 49.2 Å². The van der Waals surface area contributed by atoms with Crippen LogP contribution in [0.2, 0.25) is 0 Å². The monoisotopic (exact) mass is 357 g/mol. The second-order valence-electron chi connectivity index (χ2n) is 5.89. The summed E-state index contributed by atoms with van der Waals surface area (Å²) in [5.74, 6) is 1.47. The predicted molar refractivity (Wildman–Crippen MR) is 101 cm³/mol. The zero-order valence-electron chi connectivity index (χ0n) is 15.3. The van der Waals surface area contributed by atoms with Crippen molar-refractivity contribution >= 4 is 11.3 Å². The van der Waals surface area contributed by atoms with E-state index in [9.17, 15) is 0 Å². The Labute approximate surface area is 152 Å². The first-order valence-electron chi connectivity index (χ1n) is 8.25. The Morgan fingerprint density at radius 1 is 1.12 bits per heavy atom. The van der Waals surface area contributed by atoms with Crippen molar-refractivity contribution in [2.45, 2.75) is 33.7 Å². The summed E-state index contributed by atoms with van der Waals surface area (Å²) in [4.78, 5) is 6.80. The van der Waals surface area contributed by atoms with Crippen LogP contribution in [0.3, 0.4) is 0 Å². The minimum Gasteiger partial charge on any atom is -0.493 e. The smallest absolute Gasteiger partial charge is 0.161 e. The zero-order valence-corrected chi connectivity index (χ0v) is 16.1. The SMILES string of the molecule is CCc1sc(C)c(C)c1-c1cc(OC)c(OC)cc1Cn1cncn1. The van der Waals surface area contributed by atoms with Gasteiger partial charge in [0.1, 0.15) is 12.7 Å². The van der Waals surface area contributed by atoms with Gasteiger partial charge in [0.25, 0.3) is 0 Å². The number of methoxy groups -OCH3 is 2. The summed E-state index contributed by atoms with van der Waals surface area (Å²) < 4.78 is 12.9. The molecule has 2 heterocycles.